The molecule has 1 fully saturated rings. The molecular formula is C21H22N4O3. The number of imide groups is 1. The summed E-state index contributed by atoms with van der Waals surface area (Å²) >= 11 is 0. The standard InChI is InChI=1S/C21H22N4O3/c1-23-10-11-25(18(13-23)14-6-4-3-5-7-14)21(28)22-15-8-9-16-17(12-15)20(27)24(2)19(16)26/h3-9,12,18H,10-11,13H2,1-2H3,(H,22,28)/t18-/m1/s1. The zero-order chi connectivity index (χ0) is 19.8. The van der Waals surface area contributed by atoms with E-state index in [9.17, 15) is 14.4 Å². The van der Waals surface area contributed by atoms with E-state index in [0.29, 0.717) is 23.4 Å². The Kier molecular flexibility index (Phi) is 4.60. The highest BCUT2D eigenvalue weighted by Gasteiger charge is 2.34. The number of amides is 4. The third-order valence-corrected chi connectivity index (χ3v) is 5.37. The van der Waals surface area contributed by atoms with Crippen LogP contribution in [0.5, 0.6) is 0 Å². The number of carbonyl (C=O) groups is 3. The Morgan fingerprint density at radius 3 is 2.43 bits per heavy atom. The maximum atomic E-state index is 13.0. The number of nitrogens with one attached hydrogen (secondary N) is 1. The van der Waals surface area contributed by atoms with Gasteiger partial charge in [0.05, 0.1) is 17.2 Å². The van der Waals surface area contributed by atoms with Gasteiger partial charge in [-0.15, -0.1) is 0 Å². The number of hydrogen-bond donors (Lipinski definition) is 1. The summed E-state index contributed by atoms with van der Waals surface area (Å²) in [6.45, 7) is 2.14. The van der Waals surface area contributed by atoms with Crippen LogP contribution < -0.4 is 5.32 Å². The zero-order valence-corrected chi connectivity index (χ0v) is 15.9. The van der Waals surface area contributed by atoms with Crippen molar-refractivity contribution in [3.8, 4) is 0 Å². The fourth-order valence-corrected chi connectivity index (χ4v) is 3.76. The van der Waals surface area contributed by atoms with Gasteiger partial charge in [-0.1, -0.05) is 30.3 Å². The monoisotopic (exact) mass is 378 g/mol. The highest BCUT2D eigenvalue weighted by molar-refractivity contribution is 6.21. The van der Waals surface area contributed by atoms with Gasteiger partial charge in [0.1, 0.15) is 0 Å². The SMILES string of the molecule is CN1CCN(C(=O)Nc2ccc3c(c2)C(=O)N(C)C3=O)[C@@H](c2ccccc2)C1. The van der Waals surface area contributed by atoms with Crippen molar-refractivity contribution >= 4 is 23.5 Å². The number of hydrogen-bond acceptors (Lipinski definition) is 4. The molecule has 0 unspecified atom stereocenters. The Bertz CT molecular complexity index is 944. The summed E-state index contributed by atoms with van der Waals surface area (Å²) in [6.07, 6.45) is 0. The van der Waals surface area contributed by atoms with Crippen molar-refractivity contribution in [1.82, 2.24) is 14.7 Å². The topological polar surface area (TPSA) is 73.0 Å². The van der Waals surface area contributed by atoms with Crippen LogP contribution in [-0.4, -0.2) is 66.3 Å². The molecule has 0 bridgehead atoms. The molecule has 1 atom stereocenters. The molecule has 0 aromatic heterocycles. The molecule has 0 spiro atoms. The second kappa shape index (κ2) is 7.09. The number of likely N-dealkylation sites (N-methyl/N-ethyl adjacent to an activating group) is 1. The van der Waals surface area contributed by atoms with Crippen LogP contribution in [0.2, 0.25) is 0 Å². The fraction of sp³-hybridized carbons (Fsp3) is 0.286. The lowest BCUT2D eigenvalue weighted by Crippen LogP contribution is -2.50. The van der Waals surface area contributed by atoms with Crippen molar-refractivity contribution in [2.45, 2.75) is 6.04 Å². The number of piperazine rings is 1. The molecule has 1 saturated heterocycles. The van der Waals surface area contributed by atoms with Crippen LogP contribution in [0.25, 0.3) is 0 Å². The molecule has 0 aliphatic carbocycles. The molecule has 2 heterocycles. The minimum absolute atomic E-state index is 0.0521. The van der Waals surface area contributed by atoms with Crippen molar-refractivity contribution in [3.63, 3.8) is 0 Å². The van der Waals surface area contributed by atoms with E-state index in [2.05, 4.69) is 10.2 Å². The first kappa shape index (κ1) is 18.2. The van der Waals surface area contributed by atoms with E-state index in [-0.39, 0.29) is 23.9 Å². The first-order valence-corrected chi connectivity index (χ1v) is 9.23. The summed E-state index contributed by atoms with van der Waals surface area (Å²) in [6, 6.07) is 14.5. The molecule has 0 saturated carbocycles. The van der Waals surface area contributed by atoms with Crippen LogP contribution in [0, 0.1) is 0 Å². The van der Waals surface area contributed by atoms with Gasteiger partial charge in [0.25, 0.3) is 11.8 Å². The van der Waals surface area contributed by atoms with Gasteiger partial charge >= 0.3 is 6.03 Å². The molecule has 0 radical (unpaired) electrons. The van der Waals surface area contributed by atoms with Crippen molar-refractivity contribution in [2.24, 2.45) is 0 Å². The average molecular weight is 378 g/mol. The number of benzene rings is 2. The number of urea groups is 1. The molecule has 7 heteroatoms. The van der Waals surface area contributed by atoms with E-state index in [1.807, 2.05) is 42.3 Å². The minimum Gasteiger partial charge on any atom is -0.315 e. The number of nitrogens with zero attached hydrogens (tertiary/aromatic N) is 3. The van der Waals surface area contributed by atoms with Crippen LogP contribution >= 0.6 is 0 Å². The van der Waals surface area contributed by atoms with E-state index < -0.39 is 0 Å². The van der Waals surface area contributed by atoms with Crippen molar-refractivity contribution in [3.05, 3.63) is 65.2 Å². The largest absolute Gasteiger partial charge is 0.322 e. The number of rotatable bonds is 2. The summed E-state index contributed by atoms with van der Waals surface area (Å²) < 4.78 is 0. The Morgan fingerprint density at radius 1 is 0.964 bits per heavy atom. The molecule has 2 aliphatic rings. The van der Waals surface area contributed by atoms with Crippen LogP contribution in [0.1, 0.15) is 32.3 Å². The fourth-order valence-electron chi connectivity index (χ4n) is 3.76. The maximum absolute atomic E-state index is 13.0. The van der Waals surface area contributed by atoms with Gasteiger partial charge in [0, 0.05) is 32.4 Å². The molecule has 2 aliphatic heterocycles. The maximum Gasteiger partial charge on any atom is 0.322 e. The third kappa shape index (κ3) is 3.14. The molecule has 1 N–H and O–H groups in total. The van der Waals surface area contributed by atoms with E-state index in [1.54, 1.807) is 18.2 Å². The Balaban J connectivity index is 1.56. The van der Waals surface area contributed by atoms with E-state index in [1.165, 1.54) is 7.05 Å². The lowest BCUT2D eigenvalue weighted by molar-refractivity contribution is 0.0693. The van der Waals surface area contributed by atoms with Crippen molar-refractivity contribution in [1.29, 1.82) is 0 Å². The minimum atomic E-state index is -0.349. The van der Waals surface area contributed by atoms with Gasteiger partial charge in [0.15, 0.2) is 0 Å². The first-order chi connectivity index (χ1) is 13.5. The van der Waals surface area contributed by atoms with Gasteiger partial charge in [-0.3, -0.25) is 14.5 Å². The van der Waals surface area contributed by atoms with Crippen LogP contribution in [-0.2, 0) is 0 Å². The van der Waals surface area contributed by atoms with Gasteiger partial charge in [-0.25, -0.2) is 4.79 Å². The van der Waals surface area contributed by atoms with Gasteiger partial charge in [0.2, 0.25) is 0 Å². The molecule has 144 valence electrons. The summed E-state index contributed by atoms with van der Waals surface area (Å²) in [4.78, 5) is 42.3. The highest BCUT2D eigenvalue weighted by atomic mass is 16.2. The summed E-state index contributed by atoms with van der Waals surface area (Å²) in [7, 11) is 3.50. The highest BCUT2D eigenvalue weighted by Crippen LogP contribution is 2.28. The van der Waals surface area contributed by atoms with Gasteiger partial charge < -0.3 is 15.1 Å². The lowest BCUT2D eigenvalue weighted by Gasteiger charge is -2.40. The summed E-state index contributed by atoms with van der Waals surface area (Å²) in [5, 5.41) is 2.89. The molecule has 2 aromatic rings. The average Bonchev–Trinajstić information content (AvgIpc) is 2.92. The quantitative estimate of drug-likeness (QED) is 0.815. The smallest absolute Gasteiger partial charge is 0.315 e. The van der Waals surface area contributed by atoms with Crippen LogP contribution in [0.3, 0.4) is 0 Å². The molecule has 7 nitrogen and oxygen atoms in total. The second-order valence-electron chi connectivity index (χ2n) is 7.24. The number of fused-ring (bicyclic) bond motifs is 1. The predicted octanol–water partition coefficient (Wildman–Crippen LogP) is 2.43. The van der Waals surface area contributed by atoms with Crippen LogP contribution in [0.4, 0.5) is 10.5 Å². The number of carbonyl (C=O) groups excluding carboxylic acids is 3. The molecule has 4 amide bonds. The Labute approximate surface area is 163 Å². The van der Waals surface area contributed by atoms with Crippen LogP contribution in [0.15, 0.2) is 48.5 Å². The van der Waals surface area contributed by atoms with E-state index >= 15 is 0 Å². The summed E-state index contributed by atoms with van der Waals surface area (Å²) in [5.74, 6) is -0.668. The predicted molar refractivity (Wildman–Crippen MR) is 105 cm³/mol. The van der Waals surface area contributed by atoms with Gasteiger partial charge in [-0.2, -0.15) is 0 Å². The molecule has 28 heavy (non-hydrogen) atoms. The first-order valence-electron chi connectivity index (χ1n) is 9.23. The van der Waals surface area contributed by atoms with E-state index in [0.717, 1.165) is 23.6 Å². The number of anilines is 1. The second-order valence-corrected chi connectivity index (χ2v) is 7.24. The van der Waals surface area contributed by atoms with Crippen molar-refractivity contribution in [2.75, 3.05) is 39.0 Å². The molecular weight excluding hydrogens is 356 g/mol. The Hall–Kier alpha value is -3.19. The normalized spacial score (nSPS) is 19.7. The lowest BCUT2D eigenvalue weighted by atomic mass is 10.0. The van der Waals surface area contributed by atoms with Crippen molar-refractivity contribution < 1.29 is 14.4 Å². The summed E-state index contributed by atoms with van der Waals surface area (Å²) in [5.41, 5.74) is 2.28. The molecule has 2 aromatic carbocycles. The molecule has 4 rings (SSSR count). The van der Waals surface area contributed by atoms with E-state index in [4.69, 9.17) is 0 Å². The third-order valence-electron chi connectivity index (χ3n) is 5.37. The van der Waals surface area contributed by atoms with Gasteiger partial charge in [-0.05, 0) is 30.8 Å². The zero-order valence-electron chi connectivity index (χ0n) is 15.9. The Morgan fingerprint density at radius 2 is 1.68 bits per heavy atom.